The molecule has 0 saturated heterocycles. The van der Waals surface area contributed by atoms with Crippen molar-refractivity contribution < 1.29 is 4.52 Å². The van der Waals surface area contributed by atoms with E-state index in [0.717, 1.165) is 18.2 Å². The monoisotopic (exact) mass is 250 g/mol. The highest BCUT2D eigenvalue weighted by Gasteiger charge is 2.26. The third kappa shape index (κ3) is 4.13. The van der Waals surface area contributed by atoms with E-state index in [9.17, 15) is 0 Å². The quantitative estimate of drug-likeness (QED) is 0.711. The number of unbranched alkanes of at least 4 members (excludes halogenated alkanes) is 3. The molecule has 3 nitrogen and oxygen atoms in total. The molecule has 1 N–H and O–H groups in total. The van der Waals surface area contributed by atoms with E-state index in [1.165, 1.54) is 51.4 Å². The lowest BCUT2D eigenvalue weighted by Crippen LogP contribution is -2.31. The average molecular weight is 250 g/mol. The van der Waals surface area contributed by atoms with E-state index in [0.29, 0.717) is 6.04 Å². The van der Waals surface area contributed by atoms with Gasteiger partial charge in [0.05, 0.1) is 12.7 Å². The number of nitrogens with zero attached hydrogens (tertiary/aromatic N) is 1. The Morgan fingerprint density at radius 2 is 2.28 bits per heavy atom. The Bertz CT molecular complexity index is 310. The zero-order chi connectivity index (χ0) is 12.6. The molecule has 18 heavy (non-hydrogen) atoms. The molecule has 0 aliphatic heterocycles. The minimum absolute atomic E-state index is 0.691. The van der Waals surface area contributed by atoms with Crippen LogP contribution in [0.15, 0.2) is 16.8 Å². The van der Waals surface area contributed by atoms with Gasteiger partial charge in [0, 0.05) is 12.1 Å². The Kier molecular flexibility index (Phi) is 5.72. The summed E-state index contributed by atoms with van der Waals surface area (Å²) in [6, 6.07) is 2.63. The van der Waals surface area contributed by atoms with E-state index < -0.39 is 0 Å². The van der Waals surface area contributed by atoms with E-state index in [-0.39, 0.29) is 0 Å². The lowest BCUT2D eigenvalue weighted by molar-refractivity contribution is 0.329. The van der Waals surface area contributed by atoms with Crippen LogP contribution in [0.5, 0.6) is 0 Å². The molecule has 0 aromatic carbocycles. The van der Waals surface area contributed by atoms with Gasteiger partial charge < -0.3 is 9.84 Å². The summed E-state index contributed by atoms with van der Waals surface area (Å²) in [5, 5.41) is 7.38. The first-order chi connectivity index (χ1) is 8.90. The SMILES string of the molecule is CCCCCC[C@@H]1CCC[C@@H]1NCc1ccno1. The minimum atomic E-state index is 0.691. The summed E-state index contributed by atoms with van der Waals surface area (Å²) in [6.07, 6.45) is 12.8. The first kappa shape index (κ1) is 13.6. The van der Waals surface area contributed by atoms with Crippen LogP contribution in [0.25, 0.3) is 0 Å². The summed E-state index contributed by atoms with van der Waals surface area (Å²) in [5.74, 6) is 1.83. The Balaban J connectivity index is 1.67. The molecule has 1 fully saturated rings. The van der Waals surface area contributed by atoms with Crippen molar-refractivity contribution in [3.05, 3.63) is 18.0 Å². The Hall–Kier alpha value is -0.830. The van der Waals surface area contributed by atoms with Crippen molar-refractivity contribution in [1.29, 1.82) is 0 Å². The molecule has 3 heteroatoms. The van der Waals surface area contributed by atoms with Crippen LogP contribution >= 0.6 is 0 Å². The fourth-order valence-corrected chi connectivity index (χ4v) is 3.05. The molecule has 0 amide bonds. The van der Waals surface area contributed by atoms with Gasteiger partial charge in [-0.15, -0.1) is 0 Å². The van der Waals surface area contributed by atoms with Crippen LogP contribution in [0.2, 0.25) is 0 Å². The van der Waals surface area contributed by atoms with E-state index in [1.54, 1.807) is 6.20 Å². The maximum atomic E-state index is 5.13. The van der Waals surface area contributed by atoms with Gasteiger partial charge in [0.25, 0.3) is 0 Å². The summed E-state index contributed by atoms with van der Waals surface area (Å²) in [6.45, 7) is 3.10. The Morgan fingerprint density at radius 3 is 3.06 bits per heavy atom. The van der Waals surface area contributed by atoms with E-state index in [1.807, 2.05) is 6.07 Å². The van der Waals surface area contributed by atoms with Crippen LogP contribution in [0.1, 0.15) is 64.1 Å². The second kappa shape index (κ2) is 7.57. The van der Waals surface area contributed by atoms with Crippen molar-refractivity contribution in [2.75, 3.05) is 0 Å². The smallest absolute Gasteiger partial charge is 0.150 e. The molecule has 0 bridgehead atoms. The first-order valence-corrected chi connectivity index (χ1v) is 7.53. The van der Waals surface area contributed by atoms with Crippen LogP contribution in [-0.2, 0) is 6.54 Å². The molecule has 102 valence electrons. The molecule has 0 spiro atoms. The highest BCUT2D eigenvalue weighted by Crippen LogP contribution is 2.30. The van der Waals surface area contributed by atoms with Gasteiger partial charge in [-0.2, -0.15) is 0 Å². The highest BCUT2D eigenvalue weighted by molar-refractivity contribution is 4.94. The Morgan fingerprint density at radius 1 is 1.33 bits per heavy atom. The van der Waals surface area contributed by atoms with E-state index >= 15 is 0 Å². The number of aromatic nitrogens is 1. The molecular formula is C15H26N2O. The average Bonchev–Trinajstić information content (AvgIpc) is 3.03. The van der Waals surface area contributed by atoms with Crippen molar-refractivity contribution >= 4 is 0 Å². The minimum Gasteiger partial charge on any atom is -0.360 e. The maximum Gasteiger partial charge on any atom is 0.150 e. The zero-order valence-corrected chi connectivity index (χ0v) is 11.5. The van der Waals surface area contributed by atoms with Crippen molar-refractivity contribution in [2.24, 2.45) is 5.92 Å². The lowest BCUT2D eigenvalue weighted by atomic mass is 9.96. The molecule has 1 aliphatic carbocycles. The van der Waals surface area contributed by atoms with Gasteiger partial charge in [0.2, 0.25) is 0 Å². The van der Waals surface area contributed by atoms with Crippen molar-refractivity contribution in [3.8, 4) is 0 Å². The van der Waals surface area contributed by atoms with Crippen LogP contribution in [0.4, 0.5) is 0 Å². The molecule has 2 rings (SSSR count). The van der Waals surface area contributed by atoms with Crippen LogP contribution in [0, 0.1) is 5.92 Å². The normalized spacial score (nSPS) is 23.6. The van der Waals surface area contributed by atoms with Gasteiger partial charge in [0.1, 0.15) is 5.76 Å². The number of nitrogens with one attached hydrogen (secondary N) is 1. The van der Waals surface area contributed by atoms with Crippen molar-refractivity contribution in [2.45, 2.75) is 70.9 Å². The number of rotatable bonds is 8. The van der Waals surface area contributed by atoms with Gasteiger partial charge in [-0.3, -0.25) is 0 Å². The molecule has 1 aliphatic rings. The lowest BCUT2D eigenvalue weighted by Gasteiger charge is -2.20. The van der Waals surface area contributed by atoms with Crippen LogP contribution < -0.4 is 5.32 Å². The molecule has 0 unspecified atom stereocenters. The second-order valence-electron chi connectivity index (χ2n) is 5.51. The van der Waals surface area contributed by atoms with Gasteiger partial charge >= 0.3 is 0 Å². The van der Waals surface area contributed by atoms with Gasteiger partial charge in [-0.25, -0.2) is 0 Å². The van der Waals surface area contributed by atoms with Gasteiger partial charge in [-0.05, 0) is 25.2 Å². The first-order valence-electron chi connectivity index (χ1n) is 7.53. The largest absolute Gasteiger partial charge is 0.360 e. The summed E-state index contributed by atoms with van der Waals surface area (Å²) >= 11 is 0. The molecular weight excluding hydrogens is 224 g/mol. The molecule has 2 atom stereocenters. The van der Waals surface area contributed by atoms with Gasteiger partial charge in [0.15, 0.2) is 0 Å². The van der Waals surface area contributed by atoms with Crippen molar-refractivity contribution in [3.63, 3.8) is 0 Å². The molecule has 0 radical (unpaired) electrons. The summed E-state index contributed by atoms with van der Waals surface area (Å²) in [5.41, 5.74) is 0. The number of hydrogen-bond donors (Lipinski definition) is 1. The third-order valence-corrected chi connectivity index (χ3v) is 4.12. The van der Waals surface area contributed by atoms with E-state index in [4.69, 9.17) is 4.52 Å². The molecule has 1 aromatic rings. The maximum absolute atomic E-state index is 5.13. The summed E-state index contributed by atoms with van der Waals surface area (Å²) in [7, 11) is 0. The third-order valence-electron chi connectivity index (χ3n) is 4.12. The van der Waals surface area contributed by atoms with Crippen LogP contribution in [-0.4, -0.2) is 11.2 Å². The molecule has 1 heterocycles. The molecule has 1 aromatic heterocycles. The predicted octanol–water partition coefficient (Wildman–Crippen LogP) is 3.90. The fourth-order valence-electron chi connectivity index (χ4n) is 3.05. The van der Waals surface area contributed by atoms with Gasteiger partial charge in [-0.1, -0.05) is 44.2 Å². The van der Waals surface area contributed by atoms with E-state index in [2.05, 4.69) is 17.4 Å². The van der Waals surface area contributed by atoms with Crippen LogP contribution in [0.3, 0.4) is 0 Å². The highest BCUT2D eigenvalue weighted by atomic mass is 16.5. The number of hydrogen-bond acceptors (Lipinski definition) is 3. The Labute approximate surface area is 110 Å². The molecule has 1 saturated carbocycles. The van der Waals surface area contributed by atoms with Crippen molar-refractivity contribution in [1.82, 2.24) is 10.5 Å². The summed E-state index contributed by atoms with van der Waals surface area (Å²) in [4.78, 5) is 0. The zero-order valence-electron chi connectivity index (χ0n) is 11.5. The topological polar surface area (TPSA) is 38.1 Å². The standard InChI is InChI=1S/C15H26N2O/c1-2-3-4-5-7-13-8-6-9-15(13)16-12-14-10-11-17-18-14/h10-11,13,15-16H,2-9,12H2,1H3/t13-,15+/m1/s1. The predicted molar refractivity (Wildman–Crippen MR) is 73.2 cm³/mol. The summed E-state index contributed by atoms with van der Waals surface area (Å²) < 4.78 is 5.13. The second-order valence-corrected chi connectivity index (χ2v) is 5.51. The fraction of sp³-hybridized carbons (Fsp3) is 0.800.